The fraction of sp³-hybridized carbons (Fsp3) is 0.462. The van der Waals surface area contributed by atoms with Gasteiger partial charge in [-0.2, -0.15) is 0 Å². The Labute approximate surface area is 105 Å². The monoisotopic (exact) mass is 284 g/mol. The van der Waals surface area contributed by atoms with E-state index in [1.165, 1.54) is 0 Å². The molecule has 0 fully saturated rings. The summed E-state index contributed by atoms with van der Waals surface area (Å²) in [6, 6.07) is 5.48. The number of benzene rings is 1. The molecule has 0 unspecified atom stereocenters. The van der Waals surface area contributed by atoms with Gasteiger partial charge in [0, 0.05) is 16.5 Å². The molecule has 0 bridgehead atoms. The minimum absolute atomic E-state index is 0.180. The van der Waals surface area contributed by atoms with Crippen LogP contribution in [0.5, 0.6) is 5.75 Å². The number of ether oxygens (including phenoxy) is 1. The van der Waals surface area contributed by atoms with Gasteiger partial charge >= 0.3 is 0 Å². The number of hydrogen-bond donors (Lipinski definition) is 0. The fourth-order valence-corrected chi connectivity index (χ4v) is 1.98. The van der Waals surface area contributed by atoms with Crippen molar-refractivity contribution >= 4 is 21.7 Å². The lowest BCUT2D eigenvalue weighted by Crippen LogP contribution is -2.00. The molecule has 2 nitrogen and oxygen atoms in total. The van der Waals surface area contributed by atoms with Crippen LogP contribution in [0.4, 0.5) is 0 Å². The molecule has 16 heavy (non-hydrogen) atoms. The van der Waals surface area contributed by atoms with Gasteiger partial charge in [-0.3, -0.25) is 4.79 Å². The molecule has 0 atom stereocenters. The van der Waals surface area contributed by atoms with Crippen molar-refractivity contribution in [3.05, 3.63) is 28.2 Å². The summed E-state index contributed by atoms with van der Waals surface area (Å²) in [4.78, 5) is 11.9. The topological polar surface area (TPSA) is 26.3 Å². The van der Waals surface area contributed by atoms with Crippen LogP contribution >= 0.6 is 15.9 Å². The van der Waals surface area contributed by atoms with Crippen molar-refractivity contribution in [3.8, 4) is 5.75 Å². The highest BCUT2D eigenvalue weighted by molar-refractivity contribution is 9.10. The summed E-state index contributed by atoms with van der Waals surface area (Å²) in [6.45, 7) is 2.13. The zero-order valence-electron chi connectivity index (χ0n) is 9.75. The number of unbranched alkanes of at least 4 members (excludes halogenated alkanes) is 2. The number of rotatable bonds is 6. The molecule has 0 aliphatic carbocycles. The smallest absolute Gasteiger partial charge is 0.164 e. The van der Waals surface area contributed by atoms with Crippen molar-refractivity contribution in [2.45, 2.75) is 32.6 Å². The van der Waals surface area contributed by atoms with Crippen LogP contribution in [0, 0.1) is 0 Å². The van der Waals surface area contributed by atoms with Crippen LogP contribution in [0.3, 0.4) is 0 Å². The van der Waals surface area contributed by atoms with Gasteiger partial charge in [-0.1, -0.05) is 35.7 Å². The normalized spacial score (nSPS) is 10.2. The Kier molecular flexibility index (Phi) is 5.53. The SMILES string of the molecule is CCCCCC(=O)c1cc(OC)ccc1Br. The average molecular weight is 285 g/mol. The van der Waals surface area contributed by atoms with Crippen LogP contribution in [0.1, 0.15) is 43.0 Å². The number of halogens is 1. The molecule has 0 N–H and O–H groups in total. The number of ketones is 1. The van der Waals surface area contributed by atoms with Gasteiger partial charge in [0.05, 0.1) is 7.11 Å². The molecule has 0 radical (unpaired) electrons. The molecule has 88 valence electrons. The predicted molar refractivity (Wildman–Crippen MR) is 69.2 cm³/mol. The highest BCUT2D eigenvalue weighted by Gasteiger charge is 2.10. The minimum atomic E-state index is 0.180. The van der Waals surface area contributed by atoms with Crippen molar-refractivity contribution < 1.29 is 9.53 Å². The van der Waals surface area contributed by atoms with E-state index in [2.05, 4.69) is 22.9 Å². The summed E-state index contributed by atoms with van der Waals surface area (Å²) in [6.07, 6.45) is 3.80. The largest absolute Gasteiger partial charge is 0.497 e. The maximum absolute atomic E-state index is 11.9. The second-order valence-electron chi connectivity index (χ2n) is 3.73. The van der Waals surface area contributed by atoms with Crippen molar-refractivity contribution in [2.75, 3.05) is 7.11 Å². The molecule has 3 heteroatoms. The van der Waals surface area contributed by atoms with Crippen molar-refractivity contribution in [3.63, 3.8) is 0 Å². The van der Waals surface area contributed by atoms with Gasteiger partial charge in [-0.25, -0.2) is 0 Å². The van der Waals surface area contributed by atoms with E-state index in [1.807, 2.05) is 12.1 Å². The first-order chi connectivity index (χ1) is 7.69. The maximum Gasteiger partial charge on any atom is 0.164 e. The Morgan fingerprint density at radius 2 is 2.12 bits per heavy atom. The van der Waals surface area contributed by atoms with Crippen molar-refractivity contribution in [1.29, 1.82) is 0 Å². The van der Waals surface area contributed by atoms with Crippen LogP contribution < -0.4 is 4.74 Å². The Balaban J connectivity index is 2.73. The molecule has 1 aromatic carbocycles. The molecule has 0 saturated heterocycles. The first kappa shape index (κ1) is 13.2. The first-order valence-electron chi connectivity index (χ1n) is 5.55. The van der Waals surface area contributed by atoms with Gasteiger partial charge in [-0.05, 0) is 24.6 Å². The van der Waals surface area contributed by atoms with Crippen molar-refractivity contribution in [2.24, 2.45) is 0 Å². The number of carbonyl (C=O) groups excluding carboxylic acids is 1. The third-order valence-corrected chi connectivity index (χ3v) is 3.17. The summed E-state index contributed by atoms with van der Waals surface area (Å²) < 4.78 is 5.95. The summed E-state index contributed by atoms with van der Waals surface area (Å²) in [5.41, 5.74) is 0.718. The third-order valence-electron chi connectivity index (χ3n) is 2.48. The molecular weight excluding hydrogens is 268 g/mol. The Bertz CT molecular complexity index is 361. The maximum atomic E-state index is 11.9. The number of methoxy groups -OCH3 is 1. The molecule has 0 heterocycles. The van der Waals surface area contributed by atoms with Crippen LogP contribution in [0.25, 0.3) is 0 Å². The van der Waals surface area contributed by atoms with E-state index in [1.54, 1.807) is 13.2 Å². The summed E-state index contributed by atoms with van der Waals surface area (Å²) in [5.74, 6) is 0.904. The Morgan fingerprint density at radius 3 is 2.75 bits per heavy atom. The minimum Gasteiger partial charge on any atom is -0.497 e. The molecule has 0 amide bonds. The van der Waals surface area contributed by atoms with E-state index < -0.39 is 0 Å². The fourth-order valence-electron chi connectivity index (χ4n) is 1.52. The van der Waals surface area contributed by atoms with E-state index in [9.17, 15) is 4.79 Å². The Morgan fingerprint density at radius 1 is 1.38 bits per heavy atom. The van der Waals surface area contributed by atoms with E-state index in [-0.39, 0.29) is 5.78 Å². The standard InChI is InChI=1S/C13H17BrO2/c1-3-4-5-6-13(15)11-9-10(16-2)7-8-12(11)14/h7-9H,3-6H2,1-2H3. The number of hydrogen-bond acceptors (Lipinski definition) is 2. The molecule has 0 saturated carbocycles. The number of carbonyl (C=O) groups is 1. The van der Waals surface area contributed by atoms with Crippen LogP contribution in [-0.4, -0.2) is 12.9 Å². The van der Waals surface area contributed by atoms with Gasteiger partial charge in [0.2, 0.25) is 0 Å². The van der Waals surface area contributed by atoms with E-state index in [4.69, 9.17) is 4.74 Å². The average Bonchev–Trinajstić information content (AvgIpc) is 2.30. The zero-order valence-corrected chi connectivity index (χ0v) is 11.3. The Hall–Kier alpha value is -0.830. The third kappa shape index (κ3) is 3.63. The summed E-state index contributed by atoms with van der Waals surface area (Å²) in [5, 5.41) is 0. The van der Waals surface area contributed by atoms with Crippen LogP contribution in [0.15, 0.2) is 22.7 Å². The van der Waals surface area contributed by atoms with Gasteiger partial charge in [0.1, 0.15) is 5.75 Å². The zero-order chi connectivity index (χ0) is 12.0. The second kappa shape index (κ2) is 6.69. The quantitative estimate of drug-likeness (QED) is 0.577. The van der Waals surface area contributed by atoms with E-state index in [0.717, 1.165) is 35.0 Å². The first-order valence-corrected chi connectivity index (χ1v) is 6.35. The molecule has 0 spiro atoms. The second-order valence-corrected chi connectivity index (χ2v) is 4.58. The van der Waals surface area contributed by atoms with Crippen molar-refractivity contribution in [1.82, 2.24) is 0 Å². The van der Waals surface area contributed by atoms with Gasteiger partial charge in [0.25, 0.3) is 0 Å². The molecule has 1 aromatic rings. The number of Topliss-reactive ketones (excluding diaryl/α,β-unsaturated/α-hetero) is 1. The van der Waals surface area contributed by atoms with Crippen LogP contribution in [-0.2, 0) is 0 Å². The lowest BCUT2D eigenvalue weighted by atomic mass is 10.0. The lowest BCUT2D eigenvalue weighted by Gasteiger charge is -2.06. The highest BCUT2D eigenvalue weighted by Crippen LogP contribution is 2.24. The molecule has 0 aromatic heterocycles. The van der Waals surface area contributed by atoms with E-state index >= 15 is 0 Å². The molecule has 0 aliphatic rings. The van der Waals surface area contributed by atoms with E-state index in [0.29, 0.717) is 6.42 Å². The lowest BCUT2D eigenvalue weighted by molar-refractivity contribution is 0.0978. The van der Waals surface area contributed by atoms with Gasteiger partial charge in [-0.15, -0.1) is 0 Å². The summed E-state index contributed by atoms with van der Waals surface area (Å²) in [7, 11) is 1.61. The molecule has 1 rings (SSSR count). The molecule has 0 aliphatic heterocycles. The van der Waals surface area contributed by atoms with Gasteiger partial charge < -0.3 is 4.74 Å². The predicted octanol–water partition coefficient (Wildman–Crippen LogP) is 4.22. The summed E-state index contributed by atoms with van der Waals surface area (Å²) >= 11 is 3.39. The molecular formula is C13H17BrO2. The highest BCUT2D eigenvalue weighted by atomic mass is 79.9. The van der Waals surface area contributed by atoms with Gasteiger partial charge in [0.15, 0.2) is 5.78 Å². The van der Waals surface area contributed by atoms with Crippen LogP contribution in [0.2, 0.25) is 0 Å².